The largest absolute Gasteiger partial charge is 0.496 e. The van der Waals surface area contributed by atoms with E-state index in [2.05, 4.69) is 0 Å². The van der Waals surface area contributed by atoms with E-state index >= 15 is 0 Å². The van der Waals surface area contributed by atoms with Crippen LogP contribution >= 0.6 is 0 Å². The number of rotatable bonds is 4. The highest BCUT2D eigenvalue weighted by atomic mass is 16.5. The average Bonchev–Trinajstić information content (AvgIpc) is 2.66. The van der Waals surface area contributed by atoms with Gasteiger partial charge < -0.3 is 23.7 Å². The highest BCUT2D eigenvalue weighted by Gasteiger charge is 2.56. The molecule has 26 heavy (non-hydrogen) atoms. The van der Waals surface area contributed by atoms with Gasteiger partial charge in [0.25, 0.3) is 0 Å². The minimum absolute atomic E-state index is 0.0303. The van der Waals surface area contributed by atoms with Crippen molar-refractivity contribution < 1.29 is 28.5 Å². The van der Waals surface area contributed by atoms with Crippen LogP contribution in [-0.4, -0.2) is 40.8 Å². The van der Waals surface area contributed by atoms with Crippen molar-refractivity contribution in [1.29, 1.82) is 0 Å². The van der Waals surface area contributed by atoms with E-state index in [-0.39, 0.29) is 12.4 Å². The standard InChI is InChI=1S/C20H20O6/c1-22-12-7-14(24-3)16-15(8-12)26-10-20(19(16)21)9-11-5-6-13(23-2)18(25-4)17(11)20/h5-8H,9-10H2,1-4H3/t20-/m1/s1. The topological polar surface area (TPSA) is 63.2 Å². The molecule has 0 saturated carbocycles. The van der Waals surface area contributed by atoms with Gasteiger partial charge in [0.2, 0.25) is 0 Å². The smallest absolute Gasteiger partial charge is 0.184 e. The predicted octanol–water partition coefficient (Wildman–Crippen LogP) is 2.79. The Hall–Kier alpha value is -2.89. The van der Waals surface area contributed by atoms with E-state index in [0.717, 1.165) is 11.1 Å². The van der Waals surface area contributed by atoms with Crippen molar-refractivity contribution in [2.24, 2.45) is 0 Å². The number of Topliss-reactive ketones (excluding diaryl/α,β-unsaturated/α-hetero) is 1. The molecule has 0 amide bonds. The first-order valence-corrected chi connectivity index (χ1v) is 8.27. The number of ether oxygens (including phenoxy) is 5. The Labute approximate surface area is 151 Å². The molecule has 2 aliphatic rings. The molecule has 1 aliphatic carbocycles. The van der Waals surface area contributed by atoms with Crippen molar-refractivity contribution in [2.75, 3.05) is 35.0 Å². The Bertz CT molecular complexity index is 886. The van der Waals surface area contributed by atoms with Crippen LogP contribution in [0.25, 0.3) is 0 Å². The molecule has 1 aliphatic heterocycles. The van der Waals surface area contributed by atoms with Gasteiger partial charge in [-0.25, -0.2) is 0 Å². The van der Waals surface area contributed by atoms with Gasteiger partial charge in [-0.3, -0.25) is 4.79 Å². The summed E-state index contributed by atoms with van der Waals surface area (Å²) >= 11 is 0. The van der Waals surface area contributed by atoms with Crippen LogP contribution in [0, 0.1) is 0 Å². The highest BCUT2D eigenvalue weighted by Crippen LogP contribution is 2.55. The minimum atomic E-state index is -0.788. The van der Waals surface area contributed by atoms with Crippen molar-refractivity contribution in [2.45, 2.75) is 11.8 Å². The zero-order valence-electron chi connectivity index (χ0n) is 15.2. The fraction of sp³-hybridized carbons (Fsp3) is 0.350. The fourth-order valence-electron chi connectivity index (χ4n) is 3.95. The third-order valence-electron chi connectivity index (χ3n) is 5.23. The van der Waals surface area contributed by atoms with Crippen molar-refractivity contribution in [3.63, 3.8) is 0 Å². The SMILES string of the molecule is COc1cc(OC)c2c(c1)OC[C@@]1(Cc3ccc(OC)c(OC)c31)C2=O. The van der Waals surface area contributed by atoms with E-state index in [1.54, 1.807) is 33.5 Å². The molecule has 0 fully saturated rings. The van der Waals surface area contributed by atoms with E-state index < -0.39 is 5.41 Å². The second kappa shape index (κ2) is 5.83. The zero-order chi connectivity index (χ0) is 18.5. The first kappa shape index (κ1) is 16.6. The monoisotopic (exact) mass is 356 g/mol. The Balaban J connectivity index is 1.88. The summed E-state index contributed by atoms with van der Waals surface area (Å²) in [5.74, 6) is 2.66. The number of ketones is 1. The first-order valence-electron chi connectivity index (χ1n) is 8.27. The van der Waals surface area contributed by atoms with Gasteiger partial charge in [0, 0.05) is 17.7 Å². The lowest BCUT2D eigenvalue weighted by Crippen LogP contribution is -2.53. The molecule has 1 spiro atoms. The van der Waals surface area contributed by atoms with Crippen LogP contribution in [0.15, 0.2) is 24.3 Å². The number of methoxy groups -OCH3 is 4. The number of carbonyl (C=O) groups excluding carboxylic acids is 1. The first-order chi connectivity index (χ1) is 12.6. The van der Waals surface area contributed by atoms with Gasteiger partial charge in [-0.05, 0) is 18.1 Å². The van der Waals surface area contributed by atoms with Crippen LogP contribution in [-0.2, 0) is 11.8 Å². The maximum Gasteiger partial charge on any atom is 0.184 e. The Kier molecular flexibility index (Phi) is 3.72. The molecule has 1 heterocycles. The molecule has 0 saturated heterocycles. The molecule has 0 bridgehead atoms. The molecular weight excluding hydrogens is 336 g/mol. The second-order valence-corrected chi connectivity index (χ2v) is 6.41. The summed E-state index contributed by atoms with van der Waals surface area (Å²) in [5, 5.41) is 0. The van der Waals surface area contributed by atoms with Crippen LogP contribution in [0.5, 0.6) is 28.7 Å². The summed E-state index contributed by atoms with van der Waals surface area (Å²) < 4.78 is 27.7. The molecule has 1 atom stereocenters. The van der Waals surface area contributed by atoms with Gasteiger partial charge >= 0.3 is 0 Å². The maximum absolute atomic E-state index is 13.5. The summed E-state index contributed by atoms with van der Waals surface area (Å²) in [7, 11) is 6.26. The van der Waals surface area contributed by atoms with Crippen molar-refractivity contribution >= 4 is 5.78 Å². The maximum atomic E-state index is 13.5. The molecule has 2 aromatic rings. The van der Waals surface area contributed by atoms with Gasteiger partial charge in [-0.1, -0.05) is 6.07 Å². The average molecular weight is 356 g/mol. The molecule has 136 valence electrons. The summed E-state index contributed by atoms with van der Waals surface area (Å²) in [5.41, 5.74) is 1.56. The summed E-state index contributed by atoms with van der Waals surface area (Å²) in [6.07, 6.45) is 0.593. The van der Waals surface area contributed by atoms with Crippen LogP contribution in [0.4, 0.5) is 0 Å². The second-order valence-electron chi connectivity index (χ2n) is 6.41. The summed E-state index contributed by atoms with van der Waals surface area (Å²) in [6.45, 7) is 0.242. The molecule has 0 aromatic heterocycles. The third kappa shape index (κ3) is 2.01. The quantitative estimate of drug-likeness (QED) is 0.839. The predicted molar refractivity (Wildman–Crippen MR) is 94.3 cm³/mol. The van der Waals surface area contributed by atoms with E-state index in [9.17, 15) is 4.79 Å². The molecule has 2 aromatic carbocycles. The van der Waals surface area contributed by atoms with Crippen LogP contribution < -0.4 is 23.7 Å². The fourth-order valence-corrected chi connectivity index (χ4v) is 3.95. The van der Waals surface area contributed by atoms with Gasteiger partial charge in [0.05, 0.1) is 28.4 Å². The molecule has 0 N–H and O–H groups in total. The van der Waals surface area contributed by atoms with E-state index in [0.29, 0.717) is 40.7 Å². The lowest BCUT2D eigenvalue weighted by Gasteiger charge is -2.46. The molecule has 0 radical (unpaired) electrons. The zero-order valence-corrected chi connectivity index (χ0v) is 15.2. The number of hydrogen-bond donors (Lipinski definition) is 0. The van der Waals surface area contributed by atoms with Gasteiger partial charge in [-0.2, -0.15) is 0 Å². The van der Waals surface area contributed by atoms with Gasteiger partial charge in [0.1, 0.15) is 34.8 Å². The van der Waals surface area contributed by atoms with E-state index in [1.807, 2.05) is 12.1 Å². The molecule has 4 rings (SSSR count). The van der Waals surface area contributed by atoms with Gasteiger partial charge in [-0.15, -0.1) is 0 Å². The Morgan fingerprint density at radius 3 is 2.38 bits per heavy atom. The number of hydrogen-bond acceptors (Lipinski definition) is 6. The number of fused-ring (bicyclic) bond motifs is 3. The van der Waals surface area contributed by atoms with Crippen molar-refractivity contribution in [3.8, 4) is 28.7 Å². The lowest BCUT2D eigenvalue weighted by atomic mass is 9.59. The van der Waals surface area contributed by atoms with Crippen molar-refractivity contribution in [1.82, 2.24) is 0 Å². The third-order valence-corrected chi connectivity index (χ3v) is 5.23. The van der Waals surface area contributed by atoms with Crippen LogP contribution in [0.1, 0.15) is 21.5 Å². The number of benzene rings is 2. The normalized spacial score (nSPS) is 19.8. The molecule has 6 nitrogen and oxygen atoms in total. The molecular formula is C20H20O6. The van der Waals surface area contributed by atoms with E-state index in [1.165, 1.54) is 7.11 Å². The lowest BCUT2D eigenvalue weighted by molar-refractivity contribution is 0.0716. The van der Waals surface area contributed by atoms with Crippen LogP contribution in [0.3, 0.4) is 0 Å². The molecule has 0 unspecified atom stereocenters. The highest BCUT2D eigenvalue weighted by molar-refractivity contribution is 6.11. The molecule has 6 heteroatoms. The van der Waals surface area contributed by atoms with Gasteiger partial charge in [0.15, 0.2) is 17.3 Å². The minimum Gasteiger partial charge on any atom is -0.496 e. The van der Waals surface area contributed by atoms with Crippen LogP contribution in [0.2, 0.25) is 0 Å². The summed E-state index contributed by atoms with van der Waals surface area (Å²) in [6, 6.07) is 7.24. The Morgan fingerprint density at radius 1 is 0.962 bits per heavy atom. The summed E-state index contributed by atoms with van der Waals surface area (Å²) in [4.78, 5) is 13.5. The van der Waals surface area contributed by atoms with Crippen molar-refractivity contribution in [3.05, 3.63) is 41.0 Å². The van der Waals surface area contributed by atoms with E-state index in [4.69, 9.17) is 23.7 Å². The Morgan fingerprint density at radius 2 is 1.73 bits per heavy atom. The number of carbonyl (C=O) groups is 1.